The number of nitriles is 1. The number of para-hydroxylation sites is 1. The molecular weight excluding hydrogens is 242 g/mol. The number of carbonyl (C=O) groups is 1. The van der Waals surface area contributed by atoms with Crippen LogP contribution in [-0.4, -0.2) is 21.1 Å². The number of anilines is 1. The van der Waals surface area contributed by atoms with E-state index in [9.17, 15) is 4.79 Å². The van der Waals surface area contributed by atoms with Gasteiger partial charge >= 0.3 is 0 Å². The molecule has 0 radical (unpaired) electrons. The highest BCUT2D eigenvalue weighted by atomic mass is 16.2. The maximum absolute atomic E-state index is 12.0. The molecule has 6 heteroatoms. The molecule has 96 valence electrons. The first kappa shape index (κ1) is 12.8. The summed E-state index contributed by atoms with van der Waals surface area (Å²) in [5.41, 5.74) is 0.848. The zero-order valence-corrected chi connectivity index (χ0v) is 10.6. The molecule has 1 aromatic heterocycles. The predicted molar refractivity (Wildman–Crippen MR) is 69.6 cm³/mol. The Morgan fingerprint density at radius 1 is 1.42 bits per heavy atom. The first-order valence-electron chi connectivity index (χ1n) is 5.84. The number of H-pyrrole nitrogens is 1. The first-order valence-corrected chi connectivity index (χ1v) is 5.84. The summed E-state index contributed by atoms with van der Waals surface area (Å²) in [6.45, 7) is 3.90. The Morgan fingerprint density at radius 3 is 2.79 bits per heavy atom. The van der Waals surface area contributed by atoms with E-state index in [1.807, 2.05) is 19.9 Å². The lowest BCUT2D eigenvalue weighted by molar-refractivity contribution is 0.101. The van der Waals surface area contributed by atoms with Gasteiger partial charge in [0.05, 0.1) is 11.3 Å². The van der Waals surface area contributed by atoms with Crippen LogP contribution in [0.15, 0.2) is 24.3 Å². The molecule has 0 saturated heterocycles. The van der Waals surface area contributed by atoms with Gasteiger partial charge in [0.1, 0.15) is 11.9 Å². The SMILES string of the molecule is CC(C)c1nc(C(=O)Nc2ccccc2C#N)n[nH]1. The molecule has 0 aliphatic carbocycles. The third-order valence-electron chi connectivity index (χ3n) is 2.55. The minimum Gasteiger partial charge on any atom is -0.318 e. The maximum Gasteiger partial charge on any atom is 0.295 e. The fourth-order valence-corrected chi connectivity index (χ4v) is 1.50. The van der Waals surface area contributed by atoms with E-state index in [1.54, 1.807) is 24.3 Å². The average molecular weight is 255 g/mol. The molecule has 2 aromatic rings. The van der Waals surface area contributed by atoms with Crippen LogP contribution in [0.4, 0.5) is 5.69 Å². The van der Waals surface area contributed by atoms with Gasteiger partial charge in [0.2, 0.25) is 5.82 Å². The molecule has 0 spiro atoms. The lowest BCUT2D eigenvalue weighted by atomic mass is 10.2. The van der Waals surface area contributed by atoms with E-state index in [2.05, 4.69) is 20.5 Å². The van der Waals surface area contributed by atoms with Gasteiger partial charge in [0.15, 0.2) is 0 Å². The van der Waals surface area contributed by atoms with Crippen LogP contribution in [0.25, 0.3) is 0 Å². The van der Waals surface area contributed by atoms with Crippen molar-refractivity contribution in [2.75, 3.05) is 5.32 Å². The zero-order chi connectivity index (χ0) is 13.8. The third kappa shape index (κ3) is 2.77. The summed E-state index contributed by atoms with van der Waals surface area (Å²) in [6, 6.07) is 8.78. The second kappa shape index (κ2) is 5.31. The van der Waals surface area contributed by atoms with E-state index in [0.29, 0.717) is 17.1 Å². The van der Waals surface area contributed by atoms with Crippen molar-refractivity contribution in [2.45, 2.75) is 19.8 Å². The molecule has 0 atom stereocenters. The van der Waals surface area contributed by atoms with Crippen LogP contribution in [-0.2, 0) is 0 Å². The van der Waals surface area contributed by atoms with E-state index in [4.69, 9.17) is 5.26 Å². The summed E-state index contributed by atoms with van der Waals surface area (Å²) >= 11 is 0. The Kier molecular flexibility index (Phi) is 3.57. The number of aromatic amines is 1. The van der Waals surface area contributed by atoms with Crippen molar-refractivity contribution in [3.63, 3.8) is 0 Å². The number of amides is 1. The fourth-order valence-electron chi connectivity index (χ4n) is 1.50. The Labute approximate surface area is 110 Å². The summed E-state index contributed by atoms with van der Waals surface area (Å²) in [7, 11) is 0. The summed E-state index contributed by atoms with van der Waals surface area (Å²) < 4.78 is 0. The Morgan fingerprint density at radius 2 is 2.16 bits per heavy atom. The van der Waals surface area contributed by atoms with Gasteiger partial charge in [-0.2, -0.15) is 5.26 Å². The first-order chi connectivity index (χ1) is 9.11. The van der Waals surface area contributed by atoms with Gasteiger partial charge in [0.25, 0.3) is 5.91 Å². The fraction of sp³-hybridized carbons (Fsp3) is 0.231. The van der Waals surface area contributed by atoms with Crippen LogP contribution in [0.1, 0.15) is 41.8 Å². The third-order valence-corrected chi connectivity index (χ3v) is 2.55. The van der Waals surface area contributed by atoms with E-state index in [-0.39, 0.29) is 11.7 Å². The molecule has 2 N–H and O–H groups in total. The van der Waals surface area contributed by atoms with Gasteiger partial charge < -0.3 is 5.32 Å². The number of nitrogens with one attached hydrogen (secondary N) is 2. The Balaban J connectivity index is 2.19. The molecule has 0 aliphatic rings. The summed E-state index contributed by atoms with van der Waals surface area (Å²) in [4.78, 5) is 16.1. The van der Waals surface area contributed by atoms with Crippen LogP contribution in [0.2, 0.25) is 0 Å². The molecule has 1 amide bonds. The van der Waals surface area contributed by atoms with Crippen molar-refractivity contribution < 1.29 is 4.79 Å². The summed E-state index contributed by atoms with van der Waals surface area (Å²) in [6.07, 6.45) is 0. The number of aromatic nitrogens is 3. The number of carbonyl (C=O) groups excluding carboxylic acids is 1. The van der Waals surface area contributed by atoms with Gasteiger partial charge in [-0.05, 0) is 12.1 Å². The average Bonchev–Trinajstić information content (AvgIpc) is 2.89. The Bertz CT molecular complexity index is 638. The molecule has 6 nitrogen and oxygen atoms in total. The second-order valence-corrected chi connectivity index (χ2v) is 4.31. The normalized spacial score (nSPS) is 10.2. The number of rotatable bonds is 3. The van der Waals surface area contributed by atoms with Gasteiger partial charge in [0, 0.05) is 5.92 Å². The van der Waals surface area contributed by atoms with E-state index < -0.39 is 5.91 Å². The molecule has 0 saturated carbocycles. The molecule has 0 bridgehead atoms. The molecule has 0 unspecified atom stereocenters. The lowest BCUT2D eigenvalue weighted by Gasteiger charge is -2.03. The predicted octanol–water partition coefficient (Wildman–Crippen LogP) is 2.05. The minimum absolute atomic E-state index is 0.0662. The van der Waals surface area contributed by atoms with Crippen molar-refractivity contribution in [1.29, 1.82) is 5.26 Å². The van der Waals surface area contributed by atoms with Crippen LogP contribution < -0.4 is 5.32 Å². The molecule has 1 heterocycles. The smallest absolute Gasteiger partial charge is 0.295 e. The highest BCUT2D eigenvalue weighted by molar-refractivity contribution is 6.02. The van der Waals surface area contributed by atoms with Crippen LogP contribution >= 0.6 is 0 Å². The molecule has 19 heavy (non-hydrogen) atoms. The molecule has 2 rings (SSSR count). The van der Waals surface area contributed by atoms with Gasteiger partial charge in [-0.1, -0.05) is 26.0 Å². The van der Waals surface area contributed by atoms with Gasteiger partial charge in [-0.3, -0.25) is 9.89 Å². The molecule has 0 aliphatic heterocycles. The van der Waals surface area contributed by atoms with Crippen molar-refractivity contribution >= 4 is 11.6 Å². The lowest BCUT2D eigenvalue weighted by Crippen LogP contribution is -2.14. The largest absolute Gasteiger partial charge is 0.318 e. The Hall–Kier alpha value is -2.68. The number of hydrogen-bond acceptors (Lipinski definition) is 4. The number of nitrogens with zero attached hydrogens (tertiary/aromatic N) is 3. The van der Waals surface area contributed by atoms with Gasteiger partial charge in [-0.25, -0.2) is 4.98 Å². The van der Waals surface area contributed by atoms with Crippen LogP contribution in [0, 0.1) is 11.3 Å². The highest BCUT2D eigenvalue weighted by Gasteiger charge is 2.15. The van der Waals surface area contributed by atoms with E-state index >= 15 is 0 Å². The number of benzene rings is 1. The van der Waals surface area contributed by atoms with Crippen molar-refractivity contribution in [2.24, 2.45) is 0 Å². The quantitative estimate of drug-likeness (QED) is 0.877. The maximum atomic E-state index is 12.0. The zero-order valence-electron chi connectivity index (χ0n) is 10.6. The van der Waals surface area contributed by atoms with Crippen LogP contribution in [0.3, 0.4) is 0 Å². The second-order valence-electron chi connectivity index (χ2n) is 4.31. The topological polar surface area (TPSA) is 94.5 Å². The van der Waals surface area contributed by atoms with E-state index in [0.717, 1.165) is 0 Å². The molecule has 1 aromatic carbocycles. The summed E-state index contributed by atoms with van der Waals surface area (Å²) in [5.74, 6) is 0.446. The minimum atomic E-state index is -0.439. The van der Waals surface area contributed by atoms with Crippen molar-refractivity contribution in [3.8, 4) is 6.07 Å². The molecular formula is C13H13N5O. The number of hydrogen-bond donors (Lipinski definition) is 2. The van der Waals surface area contributed by atoms with Crippen molar-refractivity contribution in [3.05, 3.63) is 41.5 Å². The van der Waals surface area contributed by atoms with Crippen LogP contribution in [0.5, 0.6) is 0 Å². The molecule has 0 fully saturated rings. The highest BCUT2D eigenvalue weighted by Crippen LogP contribution is 2.14. The summed E-state index contributed by atoms with van der Waals surface area (Å²) in [5, 5.41) is 18.1. The standard InChI is InChI=1S/C13H13N5O/c1-8(2)11-16-12(18-17-11)13(19)15-10-6-4-3-5-9(10)7-14/h3-6,8H,1-2H3,(H,15,19)(H,16,17,18). The monoisotopic (exact) mass is 255 g/mol. The van der Waals surface area contributed by atoms with Gasteiger partial charge in [-0.15, -0.1) is 5.10 Å². The van der Waals surface area contributed by atoms with E-state index in [1.165, 1.54) is 0 Å². The van der Waals surface area contributed by atoms with Crippen molar-refractivity contribution in [1.82, 2.24) is 15.2 Å².